The highest BCUT2D eigenvalue weighted by molar-refractivity contribution is 5.91. The number of nitrogens with one attached hydrogen (secondary N) is 1. The Labute approximate surface area is 190 Å². The van der Waals surface area contributed by atoms with E-state index in [4.69, 9.17) is 15.2 Å². The lowest BCUT2D eigenvalue weighted by Crippen LogP contribution is -2.33. The molecule has 1 saturated heterocycles. The first-order valence-corrected chi connectivity index (χ1v) is 9.71. The van der Waals surface area contributed by atoms with E-state index in [1.165, 1.54) is 25.3 Å². The van der Waals surface area contributed by atoms with E-state index in [0.717, 1.165) is 13.2 Å². The van der Waals surface area contributed by atoms with Gasteiger partial charge in [-0.25, -0.2) is 18.2 Å². The third-order valence-electron chi connectivity index (χ3n) is 5.13. The topological polar surface area (TPSA) is 104 Å². The maximum absolute atomic E-state index is 14.0. The number of nitrogens with zero attached hydrogens (tertiary/aromatic N) is 1. The summed E-state index contributed by atoms with van der Waals surface area (Å²) >= 11 is 0. The van der Waals surface area contributed by atoms with Crippen molar-refractivity contribution < 1.29 is 45.4 Å². The van der Waals surface area contributed by atoms with Gasteiger partial charge in [-0.1, -0.05) is 13.0 Å². The van der Waals surface area contributed by atoms with Crippen molar-refractivity contribution in [2.75, 3.05) is 19.0 Å². The first-order valence-electron chi connectivity index (χ1n) is 9.71. The molecule has 0 radical (unpaired) electrons. The predicted octanol–water partition coefficient (Wildman–Crippen LogP) is 4.20. The molecule has 3 N–H and O–H groups in total. The van der Waals surface area contributed by atoms with Crippen LogP contribution in [0.3, 0.4) is 0 Å². The van der Waals surface area contributed by atoms with Gasteiger partial charge in [-0.2, -0.15) is 13.2 Å². The van der Waals surface area contributed by atoms with E-state index in [-0.39, 0.29) is 17.9 Å². The minimum absolute atomic E-state index is 0.101. The van der Waals surface area contributed by atoms with Gasteiger partial charge in [0, 0.05) is 17.4 Å². The Morgan fingerprint density at radius 3 is 2.41 bits per heavy atom. The molecule has 3 unspecified atom stereocenters. The summed E-state index contributed by atoms with van der Waals surface area (Å²) in [6, 6.07) is 5.02. The molecule has 13 heteroatoms. The molecular formula is C21H21F6N3O4. The van der Waals surface area contributed by atoms with Crippen LogP contribution in [0.2, 0.25) is 0 Å². The number of carbonyl (C=O) groups excluding carboxylic acids is 2. The molecule has 1 aromatic carbocycles. The zero-order chi connectivity index (χ0) is 25.6. The quantitative estimate of drug-likeness (QED) is 0.464. The molecular weight excluding hydrogens is 472 g/mol. The Bertz CT molecular complexity index is 1000. The predicted molar refractivity (Wildman–Crippen MR) is 108 cm³/mol. The fourth-order valence-corrected chi connectivity index (χ4v) is 3.43. The van der Waals surface area contributed by atoms with Crippen molar-refractivity contribution in [2.45, 2.75) is 31.5 Å². The van der Waals surface area contributed by atoms with Crippen LogP contribution in [-0.4, -0.2) is 43.3 Å². The van der Waals surface area contributed by atoms with Crippen molar-refractivity contribution in [3.63, 3.8) is 0 Å². The molecule has 0 spiro atoms. The first-order chi connectivity index (χ1) is 15.9. The fourth-order valence-electron chi connectivity index (χ4n) is 3.43. The van der Waals surface area contributed by atoms with Gasteiger partial charge in [0.1, 0.15) is 5.69 Å². The second-order valence-corrected chi connectivity index (χ2v) is 7.21. The standard InChI is InChI=1S/C14H14F6O2.C7H7N3O2/c1-6-9(5-22-12(6)14(18,19)20)7-3-4-8(13(16)17)10(15)11(7)21-2;8-7(12)6-2-1-5(3-9-6)10-4-11/h3-4,6,9,12-13H,5H2,1-2H3;1-4H,(H2,8,12)(H,10,11). The molecule has 1 fully saturated rings. The number of pyridine rings is 1. The van der Waals surface area contributed by atoms with E-state index in [0.29, 0.717) is 12.1 Å². The number of halogens is 6. The molecule has 1 aliphatic heterocycles. The summed E-state index contributed by atoms with van der Waals surface area (Å²) in [7, 11) is 1.08. The molecule has 0 bridgehead atoms. The second kappa shape index (κ2) is 11.2. The number of alkyl halides is 5. The highest BCUT2D eigenvalue weighted by Crippen LogP contribution is 2.45. The van der Waals surface area contributed by atoms with Crippen molar-refractivity contribution >= 4 is 18.0 Å². The van der Waals surface area contributed by atoms with Gasteiger partial charge in [-0.3, -0.25) is 9.59 Å². The summed E-state index contributed by atoms with van der Waals surface area (Å²) in [6.07, 6.45) is -7.67. The van der Waals surface area contributed by atoms with E-state index in [1.54, 1.807) is 6.07 Å². The summed E-state index contributed by atoms with van der Waals surface area (Å²) in [6.45, 7) is 1.05. The molecule has 34 heavy (non-hydrogen) atoms. The number of hydrogen-bond donors (Lipinski definition) is 2. The second-order valence-electron chi connectivity index (χ2n) is 7.21. The summed E-state index contributed by atoms with van der Waals surface area (Å²) < 4.78 is 87.4. The minimum atomic E-state index is -4.54. The van der Waals surface area contributed by atoms with Crippen LogP contribution in [-0.2, 0) is 9.53 Å². The SMILES string of the molecule is COc1c(C2COC(C(F)(F)F)C2C)ccc(C(F)F)c1F.NC(=O)c1ccc(NC=O)cn1. The lowest BCUT2D eigenvalue weighted by molar-refractivity contribution is -0.215. The smallest absolute Gasteiger partial charge is 0.414 e. The van der Waals surface area contributed by atoms with E-state index in [1.807, 2.05) is 0 Å². The monoisotopic (exact) mass is 493 g/mol. The van der Waals surface area contributed by atoms with Crippen LogP contribution in [0.15, 0.2) is 30.5 Å². The van der Waals surface area contributed by atoms with Crippen LogP contribution in [0.5, 0.6) is 5.75 Å². The van der Waals surface area contributed by atoms with Gasteiger partial charge in [-0.05, 0) is 18.2 Å². The third-order valence-corrected chi connectivity index (χ3v) is 5.13. The molecule has 0 aliphatic carbocycles. The van der Waals surface area contributed by atoms with Crippen LogP contribution in [0, 0.1) is 11.7 Å². The van der Waals surface area contributed by atoms with E-state index >= 15 is 0 Å². The van der Waals surface area contributed by atoms with Crippen molar-refractivity contribution in [1.82, 2.24) is 4.98 Å². The Hall–Kier alpha value is -3.35. The van der Waals surface area contributed by atoms with Gasteiger partial charge in [0.05, 0.1) is 31.2 Å². The molecule has 7 nitrogen and oxygen atoms in total. The number of nitrogens with two attached hydrogens (primary N) is 1. The Kier molecular flexibility index (Phi) is 8.85. The highest BCUT2D eigenvalue weighted by atomic mass is 19.4. The fraction of sp³-hybridized carbons (Fsp3) is 0.381. The van der Waals surface area contributed by atoms with Crippen molar-refractivity contribution in [1.29, 1.82) is 0 Å². The summed E-state index contributed by atoms with van der Waals surface area (Å²) in [5.74, 6) is -4.07. The molecule has 186 valence electrons. The summed E-state index contributed by atoms with van der Waals surface area (Å²) in [5.41, 5.74) is 4.90. The van der Waals surface area contributed by atoms with E-state index in [2.05, 4.69) is 10.3 Å². The number of benzene rings is 1. The number of primary amides is 1. The number of carbonyl (C=O) groups is 2. The number of rotatable bonds is 6. The van der Waals surface area contributed by atoms with Crippen LogP contribution in [0.1, 0.15) is 40.9 Å². The first kappa shape index (κ1) is 26.9. The lowest BCUT2D eigenvalue weighted by atomic mass is 9.85. The van der Waals surface area contributed by atoms with Gasteiger partial charge in [-0.15, -0.1) is 0 Å². The molecule has 2 aromatic rings. The molecule has 1 aromatic heterocycles. The van der Waals surface area contributed by atoms with E-state index in [9.17, 15) is 35.9 Å². The average Bonchev–Trinajstić information content (AvgIpc) is 3.16. The van der Waals surface area contributed by atoms with Crippen LogP contribution >= 0.6 is 0 Å². The summed E-state index contributed by atoms with van der Waals surface area (Å²) in [5, 5.41) is 2.38. The number of ether oxygens (including phenoxy) is 2. The molecule has 3 rings (SSSR count). The number of hydrogen-bond acceptors (Lipinski definition) is 5. The zero-order valence-corrected chi connectivity index (χ0v) is 17.9. The summed E-state index contributed by atoms with van der Waals surface area (Å²) in [4.78, 5) is 24.2. The molecule has 2 amide bonds. The van der Waals surface area contributed by atoms with Crippen LogP contribution < -0.4 is 15.8 Å². The zero-order valence-electron chi connectivity index (χ0n) is 17.9. The van der Waals surface area contributed by atoms with Crippen molar-refractivity contribution in [3.8, 4) is 5.75 Å². The Morgan fingerprint density at radius 2 is 1.97 bits per heavy atom. The Balaban J connectivity index is 0.000000287. The van der Waals surface area contributed by atoms with Gasteiger partial charge >= 0.3 is 6.18 Å². The van der Waals surface area contributed by atoms with Gasteiger partial charge in [0.15, 0.2) is 17.7 Å². The van der Waals surface area contributed by atoms with Crippen molar-refractivity contribution in [3.05, 3.63) is 53.1 Å². The van der Waals surface area contributed by atoms with Crippen LogP contribution in [0.4, 0.5) is 32.0 Å². The minimum Gasteiger partial charge on any atom is -0.493 e. The molecule has 2 heterocycles. The van der Waals surface area contributed by atoms with Crippen LogP contribution in [0.25, 0.3) is 0 Å². The van der Waals surface area contributed by atoms with Crippen molar-refractivity contribution in [2.24, 2.45) is 11.7 Å². The van der Waals surface area contributed by atoms with Gasteiger partial charge < -0.3 is 20.5 Å². The molecule has 1 aliphatic rings. The third kappa shape index (κ3) is 6.16. The molecule has 0 saturated carbocycles. The maximum atomic E-state index is 14.0. The molecule has 3 atom stereocenters. The maximum Gasteiger partial charge on any atom is 0.414 e. The number of methoxy groups -OCH3 is 1. The lowest BCUT2D eigenvalue weighted by Gasteiger charge is -2.22. The number of anilines is 1. The normalized spacial score (nSPS) is 19.9. The number of aromatic nitrogens is 1. The highest BCUT2D eigenvalue weighted by Gasteiger charge is 2.51. The van der Waals surface area contributed by atoms with Gasteiger partial charge in [0.25, 0.3) is 12.3 Å². The van der Waals surface area contributed by atoms with Gasteiger partial charge in [0.2, 0.25) is 6.41 Å². The number of amides is 2. The Morgan fingerprint density at radius 1 is 1.29 bits per heavy atom. The average molecular weight is 493 g/mol. The largest absolute Gasteiger partial charge is 0.493 e. The van der Waals surface area contributed by atoms with E-state index < -0.39 is 53.6 Å².